The zero-order valence-corrected chi connectivity index (χ0v) is 18.0. The molecular weight excluding hydrogens is 426 g/mol. The van der Waals surface area contributed by atoms with Crippen molar-refractivity contribution in [3.63, 3.8) is 0 Å². The van der Waals surface area contributed by atoms with Crippen LogP contribution in [0.1, 0.15) is 22.7 Å². The van der Waals surface area contributed by atoms with Crippen LogP contribution >= 0.6 is 0 Å². The van der Waals surface area contributed by atoms with E-state index in [1.165, 1.54) is 19.4 Å². The molecule has 1 aromatic carbocycles. The number of nitrogens with two attached hydrogens (primary N) is 1. The second-order valence-electron chi connectivity index (χ2n) is 7.11. The van der Waals surface area contributed by atoms with Crippen molar-refractivity contribution >= 4 is 40.0 Å². The minimum atomic E-state index is -0.559. The zero-order valence-electron chi connectivity index (χ0n) is 18.0. The highest BCUT2D eigenvalue weighted by molar-refractivity contribution is 5.96. The van der Waals surface area contributed by atoms with Gasteiger partial charge < -0.3 is 25.6 Å². The standard InChI is InChI=1S/C22H21N7O4/c1-12-27-19(29-33-12)14-4-3-13-5-7-24-20(16(13)9-14)25-8-6-18(30)28-21-17(23)10-15(11-26-21)22(31)32-2/h3-5,7,9-11H,6,8,23H2,1-2H3,(H,24,25)(H,26,28,30). The Morgan fingerprint density at radius 3 is 2.73 bits per heavy atom. The fourth-order valence-electron chi connectivity index (χ4n) is 3.17. The van der Waals surface area contributed by atoms with Crippen LogP contribution in [0.15, 0.2) is 47.2 Å². The molecule has 0 saturated carbocycles. The molecule has 4 rings (SSSR count). The van der Waals surface area contributed by atoms with Gasteiger partial charge in [0.05, 0.1) is 18.4 Å². The highest BCUT2D eigenvalue weighted by Crippen LogP contribution is 2.26. The van der Waals surface area contributed by atoms with E-state index in [1.54, 1.807) is 13.1 Å². The summed E-state index contributed by atoms with van der Waals surface area (Å²) in [4.78, 5) is 36.6. The molecule has 11 nitrogen and oxygen atoms in total. The summed E-state index contributed by atoms with van der Waals surface area (Å²) in [6.07, 6.45) is 3.12. The molecule has 0 fully saturated rings. The molecule has 4 aromatic rings. The van der Waals surface area contributed by atoms with Crippen molar-refractivity contribution < 1.29 is 18.8 Å². The number of ether oxygens (including phenoxy) is 1. The largest absolute Gasteiger partial charge is 0.465 e. The normalized spacial score (nSPS) is 10.7. The van der Waals surface area contributed by atoms with E-state index in [0.29, 0.717) is 24.1 Å². The van der Waals surface area contributed by atoms with Crippen LogP contribution in [0.25, 0.3) is 22.2 Å². The van der Waals surface area contributed by atoms with Gasteiger partial charge in [0.25, 0.3) is 0 Å². The zero-order chi connectivity index (χ0) is 23.4. The van der Waals surface area contributed by atoms with Crippen LogP contribution < -0.4 is 16.4 Å². The SMILES string of the molecule is COC(=O)c1cnc(NC(=O)CCNc2nccc3ccc(-c4noc(C)n4)cc23)c(N)c1. The minimum Gasteiger partial charge on any atom is -0.465 e. The summed E-state index contributed by atoms with van der Waals surface area (Å²) < 4.78 is 9.68. The van der Waals surface area contributed by atoms with Crippen molar-refractivity contribution in [2.75, 3.05) is 30.0 Å². The van der Waals surface area contributed by atoms with Crippen LogP contribution in [-0.2, 0) is 9.53 Å². The van der Waals surface area contributed by atoms with Crippen LogP contribution in [-0.4, -0.2) is 45.6 Å². The van der Waals surface area contributed by atoms with Gasteiger partial charge in [0, 0.05) is 43.2 Å². The molecule has 0 spiro atoms. The van der Waals surface area contributed by atoms with Gasteiger partial charge in [-0.1, -0.05) is 17.3 Å². The average Bonchev–Trinajstić information content (AvgIpc) is 3.26. The third-order valence-electron chi connectivity index (χ3n) is 4.79. The molecule has 0 aliphatic carbocycles. The Bertz CT molecular complexity index is 1340. The maximum absolute atomic E-state index is 12.3. The number of carbonyl (C=O) groups excluding carboxylic acids is 2. The molecule has 0 bridgehead atoms. The monoisotopic (exact) mass is 447 g/mol. The molecule has 33 heavy (non-hydrogen) atoms. The molecule has 0 saturated heterocycles. The summed E-state index contributed by atoms with van der Waals surface area (Å²) in [5.41, 5.74) is 7.04. The van der Waals surface area contributed by atoms with Gasteiger partial charge >= 0.3 is 5.97 Å². The highest BCUT2D eigenvalue weighted by Gasteiger charge is 2.13. The predicted molar refractivity (Wildman–Crippen MR) is 121 cm³/mol. The average molecular weight is 447 g/mol. The summed E-state index contributed by atoms with van der Waals surface area (Å²) in [6.45, 7) is 2.05. The molecule has 3 aromatic heterocycles. The highest BCUT2D eigenvalue weighted by atomic mass is 16.5. The summed E-state index contributed by atoms with van der Waals surface area (Å²) in [6, 6.07) is 9.07. The fourth-order valence-corrected chi connectivity index (χ4v) is 3.17. The third kappa shape index (κ3) is 4.87. The number of amides is 1. The number of hydrogen-bond acceptors (Lipinski definition) is 10. The molecular formula is C22H21N7O4. The molecule has 0 aliphatic rings. The van der Waals surface area contributed by atoms with Crippen LogP contribution in [0.2, 0.25) is 0 Å². The fraction of sp³-hybridized carbons (Fsp3) is 0.182. The number of esters is 1. The molecule has 0 radical (unpaired) electrons. The Balaban J connectivity index is 1.41. The van der Waals surface area contributed by atoms with Gasteiger partial charge in [0.15, 0.2) is 5.82 Å². The number of aromatic nitrogens is 4. The summed E-state index contributed by atoms with van der Waals surface area (Å²) >= 11 is 0. The first-order valence-electron chi connectivity index (χ1n) is 10.0. The van der Waals surface area contributed by atoms with E-state index in [4.69, 9.17) is 10.3 Å². The summed E-state index contributed by atoms with van der Waals surface area (Å²) in [5, 5.41) is 11.6. The van der Waals surface area contributed by atoms with E-state index in [2.05, 4.69) is 35.5 Å². The van der Waals surface area contributed by atoms with Gasteiger partial charge in [-0.2, -0.15) is 4.98 Å². The number of hydrogen-bond donors (Lipinski definition) is 3. The van der Waals surface area contributed by atoms with Crippen molar-refractivity contribution in [3.8, 4) is 11.4 Å². The van der Waals surface area contributed by atoms with Crippen molar-refractivity contribution in [1.82, 2.24) is 20.1 Å². The van der Waals surface area contributed by atoms with E-state index in [0.717, 1.165) is 16.3 Å². The van der Waals surface area contributed by atoms with Crippen LogP contribution in [0.4, 0.5) is 17.3 Å². The van der Waals surface area contributed by atoms with Crippen LogP contribution in [0.5, 0.6) is 0 Å². The Hall–Kier alpha value is -4.54. The molecule has 11 heteroatoms. The van der Waals surface area contributed by atoms with E-state index in [1.807, 2.05) is 24.3 Å². The quantitative estimate of drug-likeness (QED) is 0.360. The number of methoxy groups -OCH3 is 1. The number of aryl methyl sites for hydroxylation is 1. The van der Waals surface area contributed by atoms with Gasteiger partial charge in [0.1, 0.15) is 5.82 Å². The van der Waals surface area contributed by atoms with Gasteiger partial charge in [-0.3, -0.25) is 4.79 Å². The maximum Gasteiger partial charge on any atom is 0.339 e. The van der Waals surface area contributed by atoms with E-state index < -0.39 is 5.97 Å². The summed E-state index contributed by atoms with van der Waals surface area (Å²) in [7, 11) is 1.26. The molecule has 3 heterocycles. The van der Waals surface area contributed by atoms with Crippen molar-refractivity contribution in [2.24, 2.45) is 0 Å². The van der Waals surface area contributed by atoms with Crippen molar-refractivity contribution in [2.45, 2.75) is 13.3 Å². The first-order chi connectivity index (χ1) is 15.9. The topological polar surface area (TPSA) is 158 Å². The number of benzene rings is 1. The van der Waals surface area contributed by atoms with Gasteiger partial charge in [0.2, 0.25) is 17.6 Å². The summed E-state index contributed by atoms with van der Waals surface area (Å²) in [5.74, 6) is 0.924. The van der Waals surface area contributed by atoms with Gasteiger partial charge in [-0.25, -0.2) is 14.8 Å². The Labute approximate surface area is 188 Å². The lowest BCUT2D eigenvalue weighted by molar-refractivity contribution is -0.116. The Morgan fingerprint density at radius 1 is 1.15 bits per heavy atom. The predicted octanol–water partition coefficient (Wildman–Crippen LogP) is 2.80. The number of carbonyl (C=O) groups is 2. The lowest BCUT2D eigenvalue weighted by Crippen LogP contribution is -2.18. The third-order valence-corrected chi connectivity index (χ3v) is 4.79. The van der Waals surface area contributed by atoms with Gasteiger partial charge in [-0.15, -0.1) is 0 Å². The van der Waals surface area contributed by atoms with E-state index in [-0.39, 0.29) is 29.4 Å². The van der Waals surface area contributed by atoms with E-state index in [9.17, 15) is 9.59 Å². The second kappa shape index (κ2) is 9.30. The number of nitrogens with one attached hydrogen (secondary N) is 2. The van der Waals surface area contributed by atoms with Crippen LogP contribution in [0, 0.1) is 6.92 Å². The molecule has 0 atom stereocenters. The maximum atomic E-state index is 12.3. The lowest BCUT2D eigenvalue weighted by Gasteiger charge is -2.11. The number of rotatable bonds is 7. The van der Waals surface area contributed by atoms with Crippen molar-refractivity contribution in [1.29, 1.82) is 0 Å². The number of nitrogen functional groups attached to an aromatic ring is 1. The lowest BCUT2D eigenvalue weighted by atomic mass is 10.1. The number of pyridine rings is 2. The van der Waals surface area contributed by atoms with E-state index >= 15 is 0 Å². The van der Waals surface area contributed by atoms with Gasteiger partial charge in [-0.05, 0) is 23.6 Å². The van der Waals surface area contributed by atoms with Crippen LogP contribution in [0.3, 0.4) is 0 Å². The number of anilines is 3. The first-order valence-corrected chi connectivity index (χ1v) is 10.0. The molecule has 0 unspecified atom stereocenters. The Kier molecular flexibility index (Phi) is 6.11. The molecule has 0 aliphatic heterocycles. The second-order valence-corrected chi connectivity index (χ2v) is 7.11. The number of nitrogens with zero attached hydrogens (tertiary/aromatic N) is 4. The smallest absolute Gasteiger partial charge is 0.339 e. The Morgan fingerprint density at radius 2 is 2.00 bits per heavy atom. The van der Waals surface area contributed by atoms with Crippen molar-refractivity contribution in [3.05, 3.63) is 54.2 Å². The minimum absolute atomic E-state index is 0.141. The molecule has 1 amide bonds. The molecule has 4 N–H and O–H groups in total. The first kappa shape index (κ1) is 21.7. The molecule has 168 valence electrons. The number of fused-ring (bicyclic) bond motifs is 1.